The fraction of sp³-hybridized carbons (Fsp3) is 0.556. The number of carbonyl (C=O) groups excluding carboxylic acids is 2. The Morgan fingerprint density at radius 1 is 1.22 bits per heavy atom. The van der Waals surface area contributed by atoms with Gasteiger partial charge in [0.25, 0.3) is 0 Å². The normalized spacial score (nSPS) is 22.0. The van der Waals surface area contributed by atoms with Gasteiger partial charge in [-0.1, -0.05) is 18.2 Å². The van der Waals surface area contributed by atoms with E-state index >= 15 is 0 Å². The van der Waals surface area contributed by atoms with Gasteiger partial charge < -0.3 is 20.3 Å². The van der Waals surface area contributed by atoms with Gasteiger partial charge in [0.15, 0.2) is 0 Å². The van der Waals surface area contributed by atoms with Gasteiger partial charge in [0.05, 0.1) is 6.61 Å². The molecular weight excluding hydrogens is 363 g/mol. The minimum atomic E-state index is -4.47. The molecule has 0 aromatic heterocycles. The molecule has 2 atom stereocenters. The SMILES string of the molecule is O=C(NCC(F)(F)F)[C@@H]1CCCN1C(=O)NC[C@@H]1COc2ccccc2C1. The van der Waals surface area contributed by atoms with E-state index in [-0.39, 0.29) is 5.92 Å². The monoisotopic (exact) mass is 385 g/mol. The number of amides is 3. The molecule has 0 spiro atoms. The van der Waals surface area contributed by atoms with Crippen LogP contribution < -0.4 is 15.4 Å². The number of rotatable bonds is 4. The number of nitrogens with one attached hydrogen (secondary N) is 2. The highest BCUT2D eigenvalue weighted by atomic mass is 19.4. The number of hydrogen-bond donors (Lipinski definition) is 2. The number of fused-ring (bicyclic) bond motifs is 1. The molecule has 0 saturated carbocycles. The molecular formula is C18H22F3N3O3. The summed E-state index contributed by atoms with van der Waals surface area (Å²) in [5.41, 5.74) is 1.08. The molecule has 2 aliphatic rings. The van der Waals surface area contributed by atoms with Crippen LogP contribution in [0.2, 0.25) is 0 Å². The smallest absolute Gasteiger partial charge is 0.405 e. The van der Waals surface area contributed by atoms with E-state index < -0.39 is 30.7 Å². The fourth-order valence-electron chi connectivity index (χ4n) is 3.44. The summed E-state index contributed by atoms with van der Waals surface area (Å²) in [6.45, 7) is -0.191. The van der Waals surface area contributed by atoms with Crippen molar-refractivity contribution in [3.8, 4) is 5.75 Å². The number of nitrogens with zero attached hydrogens (tertiary/aromatic N) is 1. The first kappa shape index (κ1) is 19.3. The van der Waals surface area contributed by atoms with Gasteiger partial charge in [-0.2, -0.15) is 13.2 Å². The topological polar surface area (TPSA) is 70.7 Å². The number of benzene rings is 1. The largest absolute Gasteiger partial charge is 0.493 e. The van der Waals surface area contributed by atoms with Gasteiger partial charge in [0.2, 0.25) is 5.91 Å². The van der Waals surface area contributed by atoms with Crippen LogP contribution in [0.1, 0.15) is 18.4 Å². The number of para-hydroxylation sites is 1. The summed E-state index contributed by atoms with van der Waals surface area (Å²) in [5.74, 6) is 0.180. The maximum atomic E-state index is 12.4. The van der Waals surface area contributed by atoms with Crippen molar-refractivity contribution in [1.29, 1.82) is 0 Å². The second-order valence-electron chi connectivity index (χ2n) is 6.86. The van der Waals surface area contributed by atoms with Crippen LogP contribution in [-0.4, -0.2) is 55.3 Å². The summed E-state index contributed by atoms with van der Waals surface area (Å²) < 4.78 is 42.5. The van der Waals surface area contributed by atoms with Gasteiger partial charge in [-0.15, -0.1) is 0 Å². The third-order valence-electron chi connectivity index (χ3n) is 4.78. The summed E-state index contributed by atoms with van der Waals surface area (Å²) in [6, 6.07) is 6.41. The van der Waals surface area contributed by atoms with Crippen molar-refractivity contribution in [3.05, 3.63) is 29.8 Å². The second-order valence-corrected chi connectivity index (χ2v) is 6.86. The maximum absolute atomic E-state index is 12.4. The molecule has 1 aromatic rings. The van der Waals surface area contributed by atoms with Gasteiger partial charge in [-0.05, 0) is 30.9 Å². The average molecular weight is 385 g/mol. The van der Waals surface area contributed by atoms with Crippen molar-refractivity contribution < 1.29 is 27.5 Å². The summed E-state index contributed by atoms with van der Waals surface area (Å²) in [6.07, 6.45) is -2.76. The van der Waals surface area contributed by atoms with Gasteiger partial charge in [-0.25, -0.2) is 4.79 Å². The predicted octanol–water partition coefficient (Wildman–Crippen LogP) is 2.09. The molecule has 0 bridgehead atoms. The first-order valence-electron chi connectivity index (χ1n) is 8.93. The zero-order valence-electron chi connectivity index (χ0n) is 14.7. The lowest BCUT2D eigenvalue weighted by atomic mass is 9.97. The molecule has 6 nitrogen and oxygen atoms in total. The van der Waals surface area contributed by atoms with E-state index in [0.29, 0.717) is 32.5 Å². The van der Waals surface area contributed by atoms with E-state index in [1.54, 1.807) is 0 Å². The lowest BCUT2D eigenvalue weighted by Gasteiger charge is -2.28. The van der Waals surface area contributed by atoms with Gasteiger partial charge in [-0.3, -0.25) is 4.79 Å². The maximum Gasteiger partial charge on any atom is 0.405 e. The third kappa shape index (κ3) is 5.05. The molecule has 9 heteroatoms. The lowest BCUT2D eigenvalue weighted by molar-refractivity contribution is -0.140. The minimum absolute atomic E-state index is 0.101. The van der Waals surface area contributed by atoms with Crippen LogP contribution in [0, 0.1) is 5.92 Å². The van der Waals surface area contributed by atoms with Gasteiger partial charge in [0.1, 0.15) is 18.3 Å². The fourth-order valence-corrected chi connectivity index (χ4v) is 3.44. The molecule has 27 heavy (non-hydrogen) atoms. The number of likely N-dealkylation sites (tertiary alicyclic amines) is 1. The Hall–Kier alpha value is -2.45. The highest BCUT2D eigenvalue weighted by Crippen LogP contribution is 2.26. The Morgan fingerprint density at radius 3 is 2.78 bits per heavy atom. The highest BCUT2D eigenvalue weighted by Gasteiger charge is 2.36. The summed E-state index contributed by atoms with van der Waals surface area (Å²) in [4.78, 5) is 25.7. The van der Waals surface area contributed by atoms with E-state index in [4.69, 9.17) is 4.74 Å². The molecule has 3 rings (SSSR count). The molecule has 0 radical (unpaired) electrons. The average Bonchev–Trinajstić information content (AvgIpc) is 3.13. The molecule has 2 N–H and O–H groups in total. The van der Waals surface area contributed by atoms with E-state index in [1.807, 2.05) is 29.6 Å². The van der Waals surface area contributed by atoms with Crippen molar-refractivity contribution >= 4 is 11.9 Å². The van der Waals surface area contributed by atoms with E-state index in [1.165, 1.54) is 4.90 Å². The first-order valence-corrected chi connectivity index (χ1v) is 8.93. The molecule has 3 amide bonds. The molecule has 2 aliphatic heterocycles. The molecule has 1 fully saturated rings. The third-order valence-corrected chi connectivity index (χ3v) is 4.78. The van der Waals surface area contributed by atoms with Crippen molar-refractivity contribution in [2.75, 3.05) is 26.2 Å². The predicted molar refractivity (Wildman–Crippen MR) is 91.3 cm³/mol. The van der Waals surface area contributed by atoms with Crippen LogP contribution in [0.15, 0.2) is 24.3 Å². The van der Waals surface area contributed by atoms with E-state index in [2.05, 4.69) is 5.32 Å². The standard InChI is InChI=1S/C18H22F3N3O3/c19-18(20,21)11-23-16(25)14-5-3-7-24(14)17(26)22-9-12-8-13-4-1-2-6-15(13)27-10-12/h1-2,4,6,12,14H,3,5,7-11H2,(H,22,26)(H,23,25)/t12-,14+/m1/s1. The Morgan fingerprint density at radius 2 is 2.00 bits per heavy atom. The van der Waals surface area contributed by atoms with Gasteiger partial charge in [0, 0.05) is 19.0 Å². The summed E-state index contributed by atoms with van der Waals surface area (Å²) >= 11 is 0. The van der Waals surface area contributed by atoms with E-state index in [9.17, 15) is 22.8 Å². The van der Waals surface area contributed by atoms with Gasteiger partial charge >= 0.3 is 12.2 Å². The summed E-state index contributed by atoms with van der Waals surface area (Å²) in [7, 11) is 0. The van der Waals surface area contributed by atoms with Crippen molar-refractivity contribution in [1.82, 2.24) is 15.5 Å². The molecule has 148 valence electrons. The Labute approximate surface area is 155 Å². The Bertz CT molecular complexity index is 696. The van der Waals surface area contributed by atoms with Crippen molar-refractivity contribution in [2.45, 2.75) is 31.5 Å². The number of ether oxygens (including phenoxy) is 1. The van der Waals surface area contributed by atoms with Crippen LogP contribution in [0.25, 0.3) is 0 Å². The number of urea groups is 1. The zero-order valence-corrected chi connectivity index (χ0v) is 14.7. The highest BCUT2D eigenvalue weighted by molar-refractivity contribution is 5.87. The number of halogens is 3. The Balaban J connectivity index is 1.49. The van der Waals surface area contributed by atoms with Crippen LogP contribution in [-0.2, 0) is 11.2 Å². The number of carbonyl (C=O) groups is 2. The number of hydrogen-bond acceptors (Lipinski definition) is 3. The zero-order chi connectivity index (χ0) is 19.4. The molecule has 1 saturated heterocycles. The second kappa shape index (κ2) is 8.06. The summed E-state index contributed by atoms with van der Waals surface area (Å²) in [5, 5.41) is 4.65. The molecule has 2 heterocycles. The first-order chi connectivity index (χ1) is 12.8. The molecule has 0 aliphatic carbocycles. The quantitative estimate of drug-likeness (QED) is 0.834. The molecule has 1 aromatic carbocycles. The number of alkyl halides is 3. The van der Waals surface area contributed by atoms with Crippen LogP contribution in [0.5, 0.6) is 5.75 Å². The minimum Gasteiger partial charge on any atom is -0.493 e. The van der Waals surface area contributed by atoms with Crippen molar-refractivity contribution in [3.63, 3.8) is 0 Å². The van der Waals surface area contributed by atoms with E-state index in [0.717, 1.165) is 17.7 Å². The van der Waals surface area contributed by atoms with Crippen LogP contribution in [0.4, 0.5) is 18.0 Å². The Kier molecular flexibility index (Phi) is 5.76. The van der Waals surface area contributed by atoms with Crippen LogP contribution >= 0.6 is 0 Å². The lowest BCUT2D eigenvalue weighted by Crippen LogP contribution is -2.51. The molecule has 0 unspecified atom stereocenters. The van der Waals surface area contributed by atoms with Crippen LogP contribution in [0.3, 0.4) is 0 Å². The van der Waals surface area contributed by atoms with Crippen molar-refractivity contribution in [2.24, 2.45) is 5.92 Å².